The summed E-state index contributed by atoms with van der Waals surface area (Å²) >= 11 is 0. The van der Waals surface area contributed by atoms with Gasteiger partial charge in [-0.15, -0.1) is 0 Å². The van der Waals surface area contributed by atoms with E-state index < -0.39 is 0 Å². The molecule has 20 heavy (non-hydrogen) atoms. The third-order valence-corrected chi connectivity index (χ3v) is 3.98. The van der Waals surface area contributed by atoms with Crippen LogP contribution in [0.25, 0.3) is 10.9 Å². The Kier molecular flexibility index (Phi) is 3.65. The third kappa shape index (κ3) is 2.65. The largest absolute Gasteiger partial charge is 0.349 e. The Labute approximate surface area is 118 Å². The van der Waals surface area contributed by atoms with Crippen molar-refractivity contribution < 1.29 is 4.79 Å². The molecule has 3 rings (SSSR count). The van der Waals surface area contributed by atoms with Gasteiger partial charge in [0.1, 0.15) is 0 Å². The molecule has 1 fully saturated rings. The van der Waals surface area contributed by atoms with E-state index in [1.54, 1.807) is 6.20 Å². The molecule has 1 aromatic carbocycles. The minimum absolute atomic E-state index is 0.0326. The van der Waals surface area contributed by atoms with E-state index in [9.17, 15) is 4.79 Å². The lowest BCUT2D eigenvalue weighted by molar-refractivity contribution is 0.0927. The number of benzene rings is 1. The summed E-state index contributed by atoms with van der Waals surface area (Å²) in [5, 5.41) is 4.10. The van der Waals surface area contributed by atoms with Gasteiger partial charge in [0.05, 0.1) is 11.1 Å². The summed E-state index contributed by atoms with van der Waals surface area (Å²) in [4.78, 5) is 16.8. The Bertz CT molecular complexity index is 613. The van der Waals surface area contributed by atoms with Crippen LogP contribution in [0.2, 0.25) is 0 Å². The molecule has 0 aliphatic heterocycles. The van der Waals surface area contributed by atoms with E-state index in [0.29, 0.717) is 11.6 Å². The second-order valence-electron chi connectivity index (χ2n) is 5.47. The van der Waals surface area contributed by atoms with Crippen molar-refractivity contribution in [1.29, 1.82) is 0 Å². The third-order valence-electron chi connectivity index (χ3n) is 3.98. The summed E-state index contributed by atoms with van der Waals surface area (Å²) in [7, 11) is 0. The molecule has 0 unspecified atom stereocenters. The highest BCUT2D eigenvalue weighted by molar-refractivity contribution is 6.05. The number of carbonyl (C=O) groups excluding carboxylic acids is 1. The van der Waals surface area contributed by atoms with E-state index in [2.05, 4.69) is 10.3 Å². The molecular formula is C16H19N3O. The molecular weight excluding hydrogens is 250 g/mol. The highest BCUT2D eigenvalue weighted by Gasteiger charge is 2.21. The number of carbonyl (C=O) groups is 1. The van der Waals surface area contributed by atoms with Crippen molar-refractivity contribution in [1.82, 2.24) is 10.3 Å². The zero-order valence-corrected chi connectivity index (χ0v) is 11.4. The van der Waals surface area contributed by atoms with Crippen LogP contribution in [0.15, 0.2) is 36.5 Å². The van der Waals surface area contributed by atoms with Crippen LogP contribution in [0.4, 0.5) is 0 Å². The lowest BCUT2D eigenvalue weighted by Crippen LogP contribution is -2.40. The first-order chi connectivity index (χ1) is 9.74. The summed E-state index contributed by atoms with van der Waals surface area (Å²) < 4.78 is 0. The Balaban J connectivity index is 1.79. The number of hydrogen-bond acceptors (Lipinski definition) is 3. The zero-order valence-electron chi connectivity index (χ0n) is 11.4. The molecule has 1 amide bonds. The van der Waals surface area contributed by atoms with Crippen LogP contribution in [-0.2, 0) is 0 Å². The maximum Gasteiger partial charge on any atom is 0.253 e. The van der Waals surface area contributed by atoms with Crippen molar-refractivity contribution >= 4 is 16.8 Å². The Morgan fingerprint density at radius 3 is 2.70 bits per heavy atom. The van der Waals surface area contributed by atoms with Crippen LogP contribution < -0.4 is 11.1 Å². The fraction of sp³-hybridized carbons (Fsp3) is 0.375. The van der Waals surface area contributed by atoms with Crippen LogP contribution >= 0.6 is 0 Å². The molecule has 1 saturated carbocycles. The van der Waals surface area contributed by atoms with Crippen LogP contribution in [-0.4, -0.2) is 23.0 Å². The van der Waals surface area contributed by atoms with Gasteiger partial charge in [0, 0.05) is 23.7 Å². The van der Waals surface area contributed by atoms with E-state index in [1.807, 2.05) is 30.3 Å². The lowest BCUT2D eigenvalue weighted by atomic mass is 9.91. The number of amides is 1. The summed E-state index contributed by atoms with van der Waals surface area (Å²) in [5.74, 6) is -0.0326. The molecule has 1 aromatic heterocycles. The van der Waals surface area contributed by atoms with Gasteiger partial charge in [0.25, 0.3) is 5.91 Å². The molecule has 1 aliphatic rings. The van der Waals surface area contributed by atoms with Gasteiger partial charge in [-0.1, -0.05) is 18.2 Å². The molecule has 0 spiro atoms. The Hall–Kier alpha value is -1.94. The molecule has 0 radical (unpaired) electrons. The van der Waals surface area contributed by atoms with Gasteiger partial charge >= 0.3 is 0 Å². The number of pyridine rings is 1. The van der Waals surface area contributed by atoms with E-state index in [0.717, 1.165) is 36.6 Å². The minimum atomic E-state index is -0.0326. The molecule has 4 heteroatoms. The van der Waals surface area contributed by atoms with Gasteiger partial charge in [0.15, 0.2) is 0 Å². The molecule has 0 saturated heterocycles. The van der Waals surface area contributed by atoms with Crippen molar-refractivity contribution in [2.24, 2.45) is 5.73 Å². The van der Waals surface area contributed by atoms with Gasteiger partial charge in [-0.05, 0) is 37.8 Å². The summed E-state index contributed by atoms with van der Waals surface area (Å²) in [6.07, 6.45) is 5.62. The molecule has 1 aliphatic carbocycles. The number of fused-ring (bicyclic) bond motifs is 1. The van der Waals surface area contributed by atoms with Gasteiger partial charge < -0.3 is 11.1 Å². The van der Waals surface area contributed by atoms with Crippen molar-refractivity contribution in [3.63, 3.8) is 0 Å². The average molecular weight is 269 g/mol. The number of nitrogens with zero attached hydrogens (tertiary/aromatic N) is 1. The highest BCUT2D eigenvalue weighted by atomic mass is 16.1. The number of nitrogens with one attached hydrogen (secondary N) is 1. The maximum absolute atomic E-state index is 12.4. The lowest BCUT2D eigenvalue weighted by Gasteiger charge is -2.26. The van der Waals surface area contributed by atoms with E-state index in [-0.39, 0.29) is 11.9 Å². The number of rotatable bonds is 2. The SMILES string of the molecule is NC1CCC(NC(=O)c2cccc3cccnc23)CC1. The Morgan fingerprint density at radius 1 is 1.15 bits per heavy atom. The molecule has 3 N–H and O–H groups in total. The number of para-hydroxylation sites is 1. The molecule has 1 heterocycles. The molecule has 104 valence electrons. The number of hydrogen-bond donors (Lipinski definition) is 2. The van der Waals surface area contributed by atoms with Gasteiger partial charge in [-0.3, -0.25) is 9.78 Å². The van der Waals surface area contributed by atoms with Crippen LogP contribution in [0.1, 0.15) is 36.0 Å². The predicted molar refractivity (Wildman–Crippen MR) is 79.4 cm³/mol. The molecule has 4 nitrogen and oxygen atoms in total. The molecule has 0 atom stereocenters. The van der Waals surface area contributed by atoms with E-state index in [4.69, 9.17) is 5.73 Å². The minimum Gasteiger partial charge on any atom is -0.349 e. The average Bonchev–Trinajstić information content (AvgIpc) is 2.49. The topological polar surface area (TPSA) is 68.0 Å². The fourth-order valence-corrected chi connectivity index (χ4v) is 2.81. The van der Waals surface area contributed by atoms with E-state index >= 15 is 0 Å². The maximum atomic E-state index is 12.4. The van der Waals surface area contributed by atoms with Crippen molar-refractivity contribution in [2.75, 3.05) is 0 Å². The monoisotopic (exact) mass is 269 g/mol. The van der Waals surface area contributed by atoms with Gasteiger partial charge in [0.2, 0.25) is 0 Å². The van der Waals surface area contributed by atoms with Crippen molar-refractivity contribution in [3.8, 4) is 0 Å². The Morgan fingerprint density at radius 2 is 1.90 bits per heavy atom. The van der Waals surface area contributed by atoms with Crippen molar-refractivity contribution in [3.05, 3.63) is 42.1 Å². The van der Waals surface area contributed by atoms with E-state index in [1.165, 1.54) is 0 Å². The van der Waals surface area contributed by atoms with Crippen LogP contribution in [0, 0.1) is 0 Å². The predicted octanol–water partition coefficient (Wildman–Crippen LogP) is 2.23. The zero-order chi connectivity index (χ0) is 13.9. The smallest absolute Gasteiger partial charge is 0.253 e. The first kappa shape index (κ1) is 13.1. The highest BCUT2D eigenvalue weighted by Crippen LogP contribution is 2.19. The van der Waals surface area contributed by atoms with Crippen molar-refractivity contribution in [2.45, 2.75) is 37.8 Å². The quantitative estimate of drug-likeness (QED) is 0.878. The number of aromatic nitrogens is 1. The summed E-state index contributed by atoms with van der Waals surface area (Å²) in [6, 6.07) is 10.1. The van der Waals surface area contributed by atoms with Gasteiger partial charge in [-0.25, -0.2) is 0 Å². The second-order valence-corrected chi connectivity index (χ2v) is 5.47. The van der Waals surface area contributed by atoms with Crippen LogP contribution in [0.3, 0.4) is 0 Å². The van der Waals surface area contributed by atoms with Crippen LogP contribution in [0.5, 0.6) is 0 Å². The molecule has 0 bridgehead atoms. The second kappa shape index (κ2) is 5.59. The fourth-order valence-electron chi connectivity index (χ4n) is 2.81. The summed E-state index contributed by atoms with van der Waals surface area (Å²) in [5.41, 5.74) is 7.31. The first-order valence-electron chi connectivity index (χ1n) is 7.14. The summed E-state index contributed by atoms with van der Waals surface area (Å²) in [6.45, 7) is 0. The molecule has 2 aromatic rings. The number of nitrogens with two attached hydrogens (primary N) is 1. The first-order valence-corrected chi connectivity index (χ1v) is 7.14. The standard InChI is InChI=1S/C16H19N3O/c17-12-6-8-13(9-7-12)19-16(20)14-5-1-3-11-4-2-10-18-15(11)14/h1-5,10,12-13H,6-9,17H2,(H,19,20). The normalized spacial score (nSPS) is 22.6. The van der Waals surface area contributed by atoms with Gasteiger partial charge in [-0.2, -0.15) is 0 Å².